The van der Waals surface area contributed by atoms with Crippen molar-refractivity contribution in [3.63, 3.8) is 0 Å². The zero-order valence-corrected chi connectivity index (χ0v) is 11.7. The van der Waals surface area contributed by atoms with Crippen LogP contribution in [0.2, 0.25) is 0 Å². The minimum atomic E-state index is -0.211. The number of hydrogen-bond acceptors (Lipinski definition) is 4. The van der Waals surface area contributed by atoms with Crippen molar-refractivity contribution in [3.05, 3.63) is 24.5 Å². The summed E-state index contributed by atoms with van der Waals surface area (Å²) in [4.78, 5) is 6.43. The molecule has 2 aliphatic rings. The quantitative estimate of drug-likeness (QED) is 0.883. The maximum absolute atomic E-state index is 10.2. The van der Waals surface area contributed by atoms with Crippen molar-refractivity contribution in [2.75, 3.05) is 25.1 Å². The van der Waals surface area contributed by atoms with Crippen LogP contribution in [0.5, 0.6) is 0 Å². The molecule has 104 valence electrons. The molecule has 3 rings (SSSR count). The number of pyridine rings is 1. The van der Waals surface area contributed by atoms with Gasteiger partial charge < -0.3 is 14.7 Å². The maximum Gasteiger partial charge on any atom is 0.0757 e. The van der Waals surface area contributed by atoms with E-state index >= 15 is 0 Å². The van der Waals surface area contributed by atoms with E-state index in [-0.39, 0.29) is 17.1 Å². The summed E-state index contributed by atoms with van der Waals surface area (Å²) in [6.07, 6.45) is 6.19. The van der Waals surface area contributed by atoms with Crippen LogP contribution < -0.4 is 4.90 Å². The number of aliphatic hydroxyl groups excluding tert-OH is 1. The second kappa shape index (κ2) is 4.46. The molecule has 1 aromatic heterocycles. The van der Waals surface area contributed by atoms with E-state index in [1.165, 1.54) is 5.69 Å². The van der Waals surface area contributed by atoms with Crippen LogP contribution in [0.1, 0.15) is 26.2 Å². The third-order valence-electron chi connectivity index (χ3n) is 5.41. The van der Waals surface area contributed by atoms with Crippen molar-refractivity contribution >= 4 is 5.69 Å². The summed E-state index contributed by atoms with van der Waals surface area (Å²) in [6, 6.07) is 4.09. The number of anilines is 1. The van der Waals surface area contributed by atoms with E-state index in [2.05, 4.69) is 16.8 Å². The van der Waals surface area contributed by atoms with Gasteiger partial charge in [-0.05, 0) is 31.9 Å². The Morgan fingerprint density at radius 3 is 2.47 bits per heavy atom. The molecule has 0 amide bonds. The van der Waals surface area contributed by atoms with Crippen LogP contribution in [0.4, 0.5) is 5.69 Å². The molecule has 2 heterocycles. The maximum atomic E-state index is 10.2. The van der Waals surface area contributed by atoms with Crippen molar-refractivity contribution < 1.29 is 9.84 Å². The number of methoxy groups -OCH3 is 1. The summed E-state index contributed by atoms with van der Waals surface area (Å²) in [5.41, 5.74) is 1.01. The standard InChI is InChI=1S/C15H22N2O2/c1-14(19-2)11-13(18)15(14)5-9-17(10-6-15)12-3-7-16-8-4-12/h3-4,7-8,13,18H,5-6,9-11H2,1-2H3/t13-,14+/m1/s1. The Labute approximate surface area is 114 Å². The zero-order chi connectivity index (χ0) is 13.5. The molecule has 1 spiro atoms. The van der Waals surface area contributed by atoms with Gasteiger partial charge in [0.2, 0.25) is 0 Å². The molecule has 1 aromatic rings. The van der Waals surface area contributed by atoms with Gasteiger partial charge in [0, 0.05) is 50.1 Å². The molecule has 4 nitrogen and oxygen atoms in total. The molecule has 2 fully saturated rings. The zero-order valence-electron chi connectivity index (χ0n) is 11.7. The van der Waals surface area contributed by atoms with E-state index in [0.29, 0.717) is 0 Å². The molecule has 1 aliphatic heterocycles. The Morgan fingerprint density at radius 1 is 1.32 bits per heavy atom. The molecule has 1 saturated heterocycles. The minimum absolute atomic E-state index is 0.0503. The molecule has 2 atom stereocenters. The molecule has 0 unspecified atom stereocenters. The molecule has 1 saturated carbocycles. The lowest BCUT2D eigenvalue weighted by Crippen LogP contribution is -2.69. The minimum Gasteiger partial charge on any atom is -0.392 e. The molecule has 19 heavy (non-hydrogen) atoms. The highest BCUT2D eigenvalue weighted by atomic mass is 16.5. The third kappa shape index (κ3) is 1.77. The average molecular weight is 262 g/mol. The number of rotatable bonds is 2. The van der Waals surface area contributed by atoms with Gasteiger partial charge in [0.15, 0.2) is 0 Å². The van der Waals surface area contributed by atoms with Crippen LogP contribution in [0.25, 0.3) is 0 Å². The highest BCUT2D eigenvalue weighted by molar-refractivity contribution is 5.45. The molecule has 1 aliphatic carbocycles. The average Bonchev–Trinajstić information content (AvgIpc) is 2.48. The summed E-state index contributed by atoms with van der Waals surface area (Å²) in [5, 5.41) is 10.2. The van der Waals surface area contributed by atoms with Gasteiger partial charge in [0.1, 0.15) is 0 Å². The van der Waals surface area contributed by atoms with Crippen molar-refractivity contribution in [1.82, 2.24) is 4.98 Å². The number of hydrogen-bond donors (Lipinski definition) is 1. The monoisotopic (exact) mass is 262 g/mol. The van der Waals surface area contributed by atoms with E-state index < -0.39 is 0 Å². The predicted molar refractivity (Wildman–Crippen MR) is 74.2 cm³/mol. The van der Waals surface area contributed by atoms with Crippen molar-refractivity contribution in [2.45, 2.75) is 37.9 Å². The summed E-state index contributed by atoms with van der Waals surface area (Å²) in [7, 11) is 1.77. The predicted octanol–water partition coefficient (Wildman–Crippen LogP) is 1.84. The SMILES string of the molecule is CO[C@@]1(C)C[C@@H](O)C12CCN(c1ccncc1)CC2. The topological polar surface area (TPSA) is 45.6 Å². The Kier molecular flexibility index (Phi) is 3.02. The lowest BCUT2D eigenvalue weighted by atomic mass is 9.51. The van der Waals surface area contributed by atoms with Gasteiger partial charge in [-0.3, -0.25) is 4.98 Å². The Hall–Kier alpha value is -1.13. The van der Waals surface area contributed by atoms with Crippen LogP contribution >= 0.6 is 0 Å². The van der Waals surface area contributed by atoms with Crippen LogP contribution in [-0.2, 0) is 4.74 Å². The van der Waals surface area contributed by atoms with Crippen molar-refractivity contribution in [1.29, 1.82) is 0 Å². The Morgan fingerprint density at radius 2 is 1.95 bits per heavy atom. The number of ether oxygens (including phenoxy) is 1. The number of aliphatic hydroxyl groups is 1. The second-order valence-corrected chi connectivity index (χ2v) is 6.00. The molecule has 0 radical (unpaired) electrons. The van der Waals surface area contributed by atoms with Gasteiger partial charge in [0.05, 0.1) is 11.7 Å². The molecule has 1 N–H and O–H groups in total. The smallest absolute Gasteiger partial charge is 0.0757 e. The molecular weight excluding hydrogens is 240 g/mol. The summed E-state index contributed by atoms with van der Waals surface area (Å²) < 4.78 is 5.69. The van der Waals surface area contributed by atoms with Gasteiger partial charge >= 0.3 is 0 Å². The van der Waals surface area contributed by atoms with E-state index in [1.54, 1.807) is 7.11 Å². The third-order valence-corrected chi connectivity index (χ3v) is 5.41. The summed E-state index contributed by atoms with van der Waals surface area (Å²) in [6.45, 7) is 4.09. The van der Waals surface area contributed by atoms with Crippen LogP contribution in [0, 0.1) is 5.41 Å². The lowest BCUT2D eigenvalue weighted by molar-refractivity contribution is -0.253. The molecule has 0 bridgehead atoms. The van der Waals surface area contributed by atoms with Gasteiger partial charge in [-0.15, -0.1) is 0 Å². The second-order valence-electron chi connectivity index (χ2n) is 6.00. The largest absolute Gasteiger partial charge is 0.392 e. The summed E-state index contributed by atoms with van der Waals surface area (Å²) >= 11 is 0. The summed E-state index contributed by atoms with van der Waals surface area (Å²) in [5.74, 6) is 0. The van der Waals surface area contributed by atoms with Crippen LogP contribution in [-0.4, -0.2) is 42.0 Å². The first-order valence-corrected chi connectivity index (χ1v) is 6.99. The van der Waals surface area contributed by atoms with Crippen molar-refractivity contribution in [2.24, 2.45) is 5.41 Å². The van der Waals surface area contributed by atoms with Gasteiger partial charge in [-0.1, -0.05) is 0 Å². The van der Waals surface area contributed by atoms with Crippen LogP contribution in [0.15, 0.2) is 24.5 Å². The normalized spacial score (nSPS) is 33.2. The fraction of sp³-hybridized carbons (Fsp3) is 0.667. The van der Waals surface area contributed by atoms with E-state index in [0.717, 1.165) is 32.4 Å². The number of aromatic nitrogens is 1. The molecular formula is C15H22N2O2. The van der Waals surface area contributed by atoms with Gasteiger partial charge in [0.25, 0.3) is 0 Å². The molecule has 4 heteroatoms. The fourth-order valence-electron chi connectivity index (χ4n) is 3.86. The molecule has 0 aromatic carbocycles. The van der Waals surface area contributed by atoms with E-state index in [9.17, 15) is 5.11 Å². The highest BCUT2D eigenvalue weighted by Crippen LogP contribution is 2.58. The number of piperidine rings is 1. The number of nitrogens with zero attached hydrogens (tertiary/aromatic N) is 2. The van der Waals surface area contributed by atoms with Crippen LogP contribution in [0.3, 0.4) is 0 Å². The first-order valence-electron chi connectivity index (χ1n) is 6.99. The first-order chi connectivity index (χ1) is 9.11. The Bertz CT molecular complexity index is 443. The highest BCUT2D eigenvalue weighted by Gasteiger charge is 2.63. The fourth-order valence-corrected chi connectivity index (χ4v) is 3.86. The lowest BCUT2D eigenvalue weighted by Gasteiger charge is -2.63. The Balaban J connectivity index is 1.73. The van der Waals surface area contributed by atoms with Crippen molar-refractivity contribution in [3.8, 4) is 0 Å². The first kappa shape index (κ1) is 12.9. The van der Waals surface area contributed by atoms with Gasteiger partial charge in [-0.25, -0.2) is 0 Å². The van der Waals surface area contributed by atoms with Gasteiger partial charge in [-0.2, -0.15) is 0 Å². The van der Waals surface area contributed by atoms with E-state index in [4.69, 9.17) is 4.74 Å². The van der Waals surface area contributed by atoms with E-state index in [1.807, 2.05) is 24.5 Å².